The highest BCUT2D eigenvalue weighted by Crippen LogP contribution is 2.37. The van der Waals surface area contributed by atoms with Gasteiger partial charge in [0.2, 0.25) is 0 Å². The lowest BCUT2D eigenvalue weighted by molar-refractivity contribution is -0.139. The van der Waals surface area contributed by atoms with Crippen molar-refractivity contribution < 1.29 is 17.9 Å². The molecule has 112 valence electrons. The van der Waals surface area contributed by atoms with Crippen molar-refractivity contribution >= 4 is 15.9 Å². The predicted octanol–water partition coefficient (Wildman–Crippen LogP) is 3.90. The summed E-state index contributed by atoms with van der Waals surface area (Å²) in [6, 6.07) is 5.54. The highest BCUT2D eigenvalue weighted by molar-refractivity contribution is 9.10. The van der Waals surface area contributed by atoms with Gasteiger partial charge in [-0.25, -0.2) is 0 Å². The number of aromatic nitrogens is 1. The van der Waals surface area contributed by atoms with E-state index in [-0.39, 0.29) is 18.9 Å². The molecule has 3 nitrogen and oxygen atoms in total. The number of halogens is 4. The normalized spacial score (nSPS) is 11.5. The number of nitrogens with two attached hydrogens (primary N) is 1. The van der Waals surface area contributed by atoms with Gasteiger partial charge < -0.3 is 10.5 Å². The molecule has 0 radical (unpaired) electrons. The van der Waals surface area contributed by atoms with Crippen LogP contribution >= 0.6 is 15.9 Å². The van der Waals surface area contributed by atoms with E-state index in [1.807, 2.05) is 0 Å². The fourth-order valence-electron chi connectivity index (χ4n) is 1.75. The summed E-state index contributed by atoms with van der Waals surface area (Å²) in [6.45, 7) is 0.0381. The Hall–Kier alpha value is -1.60. The molecule has 0 fully saturated rings. The molecule has 2 rings (SSSR count). The number of rotatable bonds is 4. The van der Waals surface area contributed by atoms with E-state index < -0.39 is 11.7 Å². The van der Waals surface area contributed by atoms with E-state index in [0.29, 0.717) is 11.1 Å². The molecule has 2 N–H and O–H groups in total. The van der Waals surface area contributed by atoms with Gasteiger partial charge in [0.05, 0.1) is 5.56 Å². The molecule has 0 atom stereocenters. The molecular formula is C14H12BrF3N2O. The van der Waals surface area contributed by atoms with E-state index in [0.717, 1.165) is 10.5 Å². The van der Waals surface area contributed by atoms with Crippen LogP contribution in [-0.4, -0.2) is 4.98 Å². The van der Waals surface area contributed by atoms with Gasteiger partial charge in [0, 0.05) is 29.0 Å². The van der Waals surface area contributed by atoms with Gasteiger partial charge >= 0.3 is 6.18 Å². The average Bonchev–Trinajstić information content (AvgIpc) is 2.44. The molecule has 1 heterocycles. The van der Waals surface area contributed by atoms with Crippen LogP contribution in [-0.2, 0) is 19.3 Å². The average molecular weight is 361 g/mol. The minimum absolute atomic E-state index is 0.00249. The van der Waals surface area contributed by atoms with Gasteiger partial charge in [0.1, 0.15) is 12.4 Å². The zero-order valence-corrected chi connectivity index (χ0v) is 12.4. The van der Waals surface area contributed by atoms with Gasteiger partial charge in [-0.2, -0.15) is 13.2 Å². The summed E-state index contributed by atoms with van der Waals surface area (Å²) in [5.74, 6) is -0.223. The van der Waals surface area contributed by atoms with E-state index in [4.69, 9.17) is 10.5 Å². The van der Waals surface area contributed by atoms with E-state index in [2.05, 4.69) is 20.9 Å². The Morgan fingerprint density at radius 3 is 2.52 bits per heavy atom. The molecule has 2 aromatic rings. The number of hydrogen-bond donors (Lipinski definition) is 1. The number of nitrogens with zero attached hydrogens (tertiary/aromatic N) is 1. The maximum absolute atomic E-state index is 13.0. The lowest BCUT2D eigenvalue weighted by Crippen LogP contribution is -2.10. The number of hydrogen-bond acceptors (Lipinski definition) is 3. The van der Waals surface area contributed by atoms with E-state index in [1.165, 1.54) is 18.3 Å². The zero-order valence-electron chi connectivity index (χ0n) is 10.8. The fraction of sp³-hybridized carbons (Fsp3) is 0.214. The minimum atomic E-state index is -4.49. The Morgan fingerprint density at radius 2 is 1.90 bits per heavy atom. The number of benzene rings is 1. The Bertz CT molecular complexity index is 632. The maximum atomic E-state index is 13.0. The lowest BCUT2D eigenvalue weighted by Gasteiger charge is -2.15. The third kappa shape index (κ3) is 4.18. The Morgan fingerprint density at radius 1 is 1.14 bits per heavy atom. The van der Waals surface area contributed by atoms with E-state index >= 15 is 0 Å². The van der Waals surface area contributed by atoms with Crippen LogP contribution in [0.15, 0.2) is 41.1 Å². The Balaban J connectivity index is 2.23. The molecule has 0 spiro atoms. The Labute approximate surface area is 128 Å². The SMILES string of the molecule is NCc1ccc(OCc2cncc(Br)c2)c(C(F)(F)F)c1. The quantitative estimate of drug-likeness (QED) is 0.899. The molecule has 0 saturated carbocycles. The van der Waals surface area contributed by atoms with Crippen molar-refractivity contribution in [2.24, 2.45) is 5.73 Å². The van der Waals surface area contributed by atoms with Crippen LogP contribution in [0.25, 0.3) is 0 Å². The molecule has 21 heavy (non-hydrogen) atoms. The monoisotopic (exact) mass is 360 g/mol. The second kappa shape index (κ2) is 6.44. The summed E-state index contributed by atoms with van der Waals surface area (Å²) < 4.78 is 45.1. The maximum Gasteiger partial charge on any atom is 0.419 e. The van der Waals surface area contributed by atoms with Gasteiger partial charge in [-0.05, 0) is 39.7 Å². The van der Waals surface area contributed by atoms with Crippen molar-refractivity contribution in [1.29, 1.82) is 0 Å². The van der Waals surface area contributed by atoms with Gasteiger partial charge in [-0.3, -0.25) is 4.98 Å². The first-order valence-corrected chi connectivity index (χ1v) is 6.82. The van der Waals surface area contributed by atoms with Crippen molar-refractivity contribution in [2.45, 2.75) is 19.3 Å². The van der Waals surface area contributed by atoms with Crippen LogP contribution in [0.2, 0.25) is 0 Å². The molecule has 0 aliphatic rings. The molecular weight excluding hydrogens is 349 g/mol. The number of alkyl halides is 3. The summed E-state index contributed by atoms with van der Waals surface area (Å²) in [5, 5.41) is 0. The van der Waals surface area contributed by atoms with Crippen LogP contribution in [0.4, 0.5) is 13.2 Å². The summed E-state index contributed by atoms with van der Waals surface area (Å²) in [5.41, 5.74) is 5.62. The van der Waals surface area contributed by atoms with Gasteiger partial charge in [-0.1, -0.05) is 6.07 Å². The number of pyridine rings is 1. The summed E-state index contributed by atoms with van der Waals surface area (Å²) in [4.78, 5) is 3.93. The fourth-order valence-corrected chi connectivity index (χ4v) is 2.16. The molecule has 0 bridgehead atoms. The standard InChI is InChI=1S/C14H12BrF3N2O/c15-11-3-10(6-20-7-11)8-21-13-2-1-9(5-19)4-12(13)14(16,17)18/h1-4,6-7H,5,8,19H2. The largest absolute Gasteiger partial charge is 0.488 e. The van der Waals surface area contributed by atoms with Crippen molar-refractivity contribution in [3.63, 3.8) is 0 Å². The van der Waals surface area contributed by atoms with Crippen molar-refractivity contribution in [3.8, 4) is 5.75 Å². The lowest BCUT2D eigenvalue weighted by atomic mass is 10.1. The van der Waals surface area contributed by atoms with E-state index in [9.17, 15) is 13.2 Å². The van der Waals surface area contributed by atoms with Crippen molar-refractivity contribution in [3.05, 3.63) is 57.8 Å². The van der Waals surface area contributed by atoms with Crippen molar-refractivity contribution in [1.82, 2.24) is 4.98 Å². The third-order valence-electron chi connectivity index (χ3n) is 2.74. The van der Waals surface area contributed by atoms with Crippen LogP contribution in [0.5, 0.6) is 5.75 Å². The van der Waals surface area contributed by atoms with Crippen LogP contribution < -0.4 is 10.5 Å². The van der Waals surface area contributed by atoms with Gasteiger partial charge in [0.15, 0.2) is 0 Å². The second-order valence-corrected chi connectivity index (χ2v) is 5.25. The Kier molecular flexibility index (Phi) is 4.84. The highest BCUT2D eigenvalue weighted by Gasteiger charge is 2.34. The molecule has 0 aliphatic heterocycles. The van der Waals surface area contributed by atoms with Crippen molar-refractivity contribution in [2.75, 3.05) is 0 Å². The molecule has 0 aliphatic carbocycles. The first-order valence-electron chi connectivity index (χ1n) is 6.02. The zero-order chi connectivity index (χ0) is 15.5. The van der Waals surface area contributed by atoms with Crippen LogP contribution in [0.1, 0.15) is 16.7 Å². The summed E-state index contributed by atoms with van der Waals surface area (Å²) in [7, 11) is 0. The van der Waals surface area contributed by atoms with Gasteiger partial charge in [0.25, 0.3) is 0 Å². The van der Waals surface area contributed by atoms with Crippen LogP contribution in [0, 0.1) is 0 Å². The predicted molar refractivity (Wildman–Crippen MR) is 75.6 cm³/mol. The molecule has 0 saturated heterocycles. The molecule has 7 heteroatoms. The van der Waals surface area contributed by atoms with Gasteiger partial charge in [-0.15, -0.1) is 0 Å². The number of ether oxygens (including phenoxy) is 1. The minimum Gasteiger partial charge on any atom is -0.488 e. The third-order valence-corrected chi connectivity index (χ3v) is 3.17. The molecule has 0 unspecified atom stereocenters. The molecule has 0 amide bonds. The summed E-state index contributed by atoms with van der Waals surface area (Å²) >= 11 is 3.24. The van der Waals surface area contributed by atoms with Crippen LogP contribution in [0.3, 0.4) is 0 Å². The molecule has 1 aromatic carbocycles. The first kappa shape index (κ1) is 15.8. The first-order chi connectivity index (χ1) is 9.90. The molecule has 1 aromatic heterocycles. The topological polar surface area (TPSA) is 48.1 Å². The summed E-state index contributed by atoms with van der Waals surface area (Å²) in [6.07, 6.45) is -1.37. The smallest absolute Gasteiger partial charge is 0.419 e. The van der Waals surface area contributed by atoms with E-state index in [1.54, 1.807) is 12.3 Å². The highest BCUT2D eigenvalue weighted by atomic mass is 79.9. The second-order valence-electron chi connectivity index (χ2n) is 4.33.